The van der Waals surface area contributed by atoms with Crippen LogP contribution in [0.4, 0.5) is 11.8 Å². The number of fused-ring (bicyclic) bond motifs is 1. The molecule has 3 N–H and O–H groups in total. The normalized spacial score (nSPS) is 19.2. The fourth-order valence-corrected chi connectivity index (χ4v) is 2.93. The van der Waals surface area contributed by atoms with Crippen LogP contribution in [0.3, 0.4) is 0 Å². The maximum Gasteiger partial charge on any atom is 0.239 e. The zero-order valence-corrected chi connectivity index (χ0v) is 12.6. The van der Waals surface area contributed by atoms with Gasteiger partial charge in [-0.25, -0.2) is 10.8 Å². The number of piperidine rings is 1. The zero-order chi connectivity index (χ0) is 14.8. The molecular weight excluding hydrogens is 264 g/mol. The summed E-state index contributed by atoms with van der Waals surface area (Å²) in [5.41, 5.74) is 3.49. The lowest BCUT2D eigenvalue weighted by Gasteiger charge is -2.37. The van der Waals surface area contributed by atoms with Gasteiger partial charge >= 0.3 is 0 Å². The second-order valence-electron chi connectivity index (χ2n) is 5.74. The molecule has 0 bridgehead atoms. The van der Waals surface area contributed by atoms with E-state index in [1.54, 1.807) is 0 Å². The highest BCUT2D eigenvalue weighted by Crippen LogP contribution is 2.28. The molecule has 1 atom stereocenters. The molecule has 0 spiro atoms. The standard InChI is InChI=1S/C15H22N6/c1-20(2)11-6-5-9-21(10-11)14-12-7-3-4-8-13(12)17-15(18-14)19-16/h3-4,7-8,11H,5-6,9-10,16H2,1-2H3,(H,17,18,19). The summed E-state index contributed by atoms with van der Waals surface area (Å²) in [6, 6.07) is 8.64. The van der Waals surface area contributed by atoms with Gasteiger partial charge in [0, 0.05) is 24.5 Å². The van der Waals surface area contributed by atoms with E-state index >= 15 is 0 Å². The molecule has 6 heteroatoms. The third-order valence-corrected chi connectivity index (χ3v) is 4.14. The Kier molecular flexibility index (Phi) is 3.90. The van der Waals surface area contributed by atoms with Gasteiger partial charge < -0.3 is 9.80 Å². The lowest BCUT2D eigenvalue weighted by atomic mass is 10.0. The molecular formula is C15H22N6. The number of rotatable bonds is 3. The first kappa shape index (κ1) is 14.0. The molecule has 0 saturated carbocycles. The van der Waals surface area contributed by atoms with Crippen LogP contribution in [0.5, 0.6) is 0 Å². The smallest absolute Gasteiger partial charge is 0.239 e. The van der Waals surface area contributed by atoms with Gasteiger partial charge in [-0.15, -0.1) is 0 Å². The Morgan fingerprint density at radius 2 is 2.10 bits per heavy atom. The Hall–Kier alpha value is -1.92. The van der Waals surface area contributed by atoms with Crippen molar-refractivity contribution in [2.24, 2.45) is 5.84 Å². The number of nitrogens with one attached hydrogen (secondary N) is 1. The Morgan fingerprint density at radius 3 is 2.86 bits per heavy atom. The molecule has 1 fully saturated rings. The third-order valence-electron chi connectivity index (χ3n) is 4.14. The fraction of sp³-hybridized carbons (Fsp3) is 0.467. The Bertz CT molecular complexity index is 627. The van der Waals surface area contributed by atoms with Crippen LogP contribution in [0.25, 0.3) is 10.9 Å². The van der Waals surface area contributed by atoms with E-state index in [1.807, 2.05) is 18.2 Å². The van der Waals surface area contributed by atoms with E-state index in [2.05, 4.69) is 45.4 Å². The van der Waals surface area contributed by atoms with Gasteiger partial charge in [-0.2, -0.15) is 4.98 Å². The van der Waals surface area contributed by atoms with E-state index in [9.17, 15) is 0 Å². The molecule has 6 nitrogen and oxygen atoms in total. The lowest BCUT2D eigenvalue weighted by Crippen LogP contribution is -2.45. The maximum atomic E-state index is 5.51. The number of nitrogen functional groups attached to an aromatic ring is 1. The summed E-state index contributed by atoms with van der Waals surface area (Å²) in [6.07, 6.45) is 2.40. The SMILES string of the molecule is CN(C)C1CCCN(c2nc(NN)nc3ccccc23)C1. The van der Waals surface area contributed by atoms with E-state index in [0.717, 1.165) is 29.8 Å². The van der Waals surface area contributed by atoms with Crippen molar-refractivity contribution in [1.29, 1.82) is 0 Å². The molecule has 112 valence electrons. The van der Waals surface area contributed by atoms with Crippen molar-refractivity contribution < 1.29 is 0 Å². The topological polar surface area (TPSA) is 70.3 Å². The first-order chi connectivity index (χ1) is 10.2. The molecule has 2 aromatic rings. The van der Waals surface area contributed by atoms with E-state index in [-0.39, 0.29) is 0 Å². The second-order valence-corrected chi connectivity index (χ2v) is 5.74. The number of anilines is 2. The van der Waals surface area contributed by atoms with Gasteiger partial charge in [-0.05, 0) is 39.1 Å². The maximum absolute atomic E-state index is 5.51. The van der Waals surface area contributed by atoms with Crippen molar-refractivity contribution in [3.05, 3.63) is 24.3 Å². The lowest BCUT2D eigenvalue weighted by molar-refractivity contribution is 0.257. The number of hydrazine groups is 1. The quantitative estimate of drug-likeness (QED) is 0.657. The number of hydrogen-bond acceptors (Lipinski definition) is 6. The first-order valence-corrected chi connectivity index (χ1v) is 7.34. The number of aromatic nitrogens is 2. The molecule has 0 aliphatic carbocycles. The average Bonchev–Trinajstić information content (AvgIpc) is 2.53. The monoisotopic (exact) mass is 286 g/mol. The Balaban J connectivity index is 2.02. The van der Waals surface area contributed by atoms with Crippen molar-refractivity contribution in [3.8, 4) is 0 Å². The highest BCUT2D eigenvalue weighted by Gasteiger charge is 2.24. The molecule has 1 unspecified atom stereocenters. The van der Waals surface area contributed by atoms with Crippen LogP contribution in [0.2, 0.25) is 0 Å². The number of likely N-dealkylation sites (N-methyl/N-ethyl adjacent to an activating group) is 1. The Morgan fingerprint density at radius 1 is 1.29 bits per heavy atom. The largest absolute Gasteiger partial charge is 0.354 e. The van der Waals surface area contributed by atoms with Gasteiger partial charge in [0.25, 0.3) is 0 Å². The molecule has 1 aromatic heterocycles. The van der Waals surface area contributed by atoms with E-state index < -0.39 is 0 Å². The summed E-state index contributed by atoms with van der Waals surface area (Å²) < 4.78 is 0. The average molecular weight is 286 g/mol. The van der Waals surface area contributed by atoms with Crippen molar-refractivity contribution in [2.75, 3.05) is 37.5 Å². The van der Waals surface area contributed by atoms with Crippen LogP contribution in [-0.4, -0.2) is 48.1 Å². The summed E-state index contributed by atoms with van der Waals surface area (Å²) in [6.45, 7) is 2.01. The molecule has 3 rings (SSSR count). The van der Waals surface area contributed by atoms with Gasteiger partial charge in [-0.3, -0.25) is 5.43 Å². The predicted octanol–water partition coefficient (Wildman–Crippen LogP) is 1.45. The van der Waals surface area contributed by atoms with E-state index in [0.29, 0.717) is 12.0 Å². The highest BCUT2D eigenvalue weighted by molar-refractivity contribution is 5.90. The minimum Gasteiger partial charge on any atom is -0.354 e. The molecule has 0 radical (unpaired) electrons. The van der Waals surface area contributed by atoms with Crippen molar-refractivity contribution in [3.63, 3.8) is 0 Å². The molecule has 0 amide bonds. The number of benzene rings is 1. The van der Waals surface area contributed by atoms with Gasteiger partial charge in [0.05, 0.1) is 5.52 Å². The van der Waals surface area contributed by atoms with Gasteiger partial charge in [0.1, 0.15) is 5.82 Å². The minimum absolute atomic E-state index is 0.468. The van der Waals surface area contributed by atoms with Crippen LogP contribution in [0.15, 0.2) is 24.3 Å². The predicted molar refractivity (Wildman–Crippen MR) is 86.3 cm³/mol. The van der Waals surface area contributed by atoms with Crippen LogP contribution in [0.1, 0.15) is 12.8 Å². The van der Waals surface area contributed by atoms with Crippen LogP contribution >= 0.6 is 0 Å². The second kappa shape index (κ2) is 5.83. The van der Waals surface area contributed by atoms with Crippen LogP contribution in [-0.2, 0) is 0 Å². The minimum atomic E-state index is 0.468. The van der Waals surface area contributed by atoms with Crippen LogP contribution in [0, 0.1) is 0 Å². The van der Waals surface area contributed by atoms with E-state index in [4.69, 9.17) is 5.84 Å². The molecule has 1 saturated heterocycles. The summed E-state index contributed by atoms with van der Waals surface area (Å²) in [4.78, 5) is 13.7. The number of hydrogen-bond donors (Lipinski definition) is 2. The van der Waals surface area contributed by atoms with Gasteiger partial charge in [0.2, 0.25) is 5.95 Å². The van der Waals surface area contributed by atoms with Crippen molar-refractivity contribution in [2.45, 2.75) is 18.9 Å². The third kappa shape index (κ3) is 2.77. The van der Waals surface area contributed by atoms with Crippen LogP contribution < -0.4 is 16.2 Å². The molecule has 2 heterocycles. The van der Waals surface area contributed by atoms with Crippen molar-refractivity contribution >= 4 is 22.7 Å². The highest BCUT2D eigenvalue weighted by atomic mass is 15.3. The first-order valence-electron chi connectivity index (χ1n) is 7.34. The Labute approximate surface area is 124 Å². The molecule has 1 aromatic carbocycles. The number of para-hydroxylation sites is 1. The van der Waals surface area contributed by atoms with Gasteiger partial charge in [0.15, 0.2) is 0 Å². The summed E-state index contributed by atoms with van der Waals surface area (Å²) in [5, 5.41) is 1.08. The molecule has 21 heavy (non-hydrogen) atoms. The molecule has 1 aliphatic rings. The van der Waals surface area contributed by atoms with Crippen molar-refractivity contribution in [1.82, 2.24) is 14.9 Å². The molecule has 1 aliphatic heterocycles. The number of nitrogens with two attached hydrogens (primary N) is 1. The number of nitrogens with zero attached hydrogens (tertiary/aromatic N) is 4. The summed E-state index contributed by atoms with van der Waals surface area (Å²) in [5.74, 6) is 6.95. The van der Waals surface area contributed by atoms with Gasteiger partial charge in [-0.1, -0.05) is 12.1 Å². The van der Waals surface area contributed by atoms with E-state index in [1.165, 1.54) is 12.8 Å². The summed E-state index contributed by atoms with van der Waals surface area (Å²) >= 11 is 0. The fourth-order valence-electron chi connectivity index (χ4n) is 2.93. The zero-order valence-electron chi connectivity index (χ0n) is 12.6. The summed E-state index contributed by atoms with van der Waals surface area (Å²) in [7, 11) is 4.28.